The van der Waals surface area contributed by atoms with Crippen LogP contribution in [0.25, 0.3) is 11.1 Å². The van der Waals surface area contributed by atoms with Gasteiger partial charge in [0.25, 0.3) is 0 Å². The van der Waals surface area contributed by atoms with E-state index in [1.165, 1.54) is 75.5 Å². The summed E-state index contributed by atoms with van der Waals surface area (Å²) >= 11 is 0. The first kappa shape index (κ1) is 22.7. The third-order valence-electron chi connectivity index (χ3n) is 7.94. The molecule has 2 fully saturated rings. The summed E-state index contributed by atoms with van der Waals surface area (Å²) in [7, 11) is -0.0437. The average Bonchev–Trinajstić information content (AvgIpc) is 2.82. The van der Waals surface area contributed by atoms with Crippen LogP contribution in [-0.2, 0) is 0 Å². The van der Waals surface area contributed by atoms with Gasteiger partial charge in [0.15, 0.2) is 11.6 Å². The molecule has 1 radical (unpaired) electrons. The maximum atomic E-state index is 13.8. The average molecular weight is 440 g/mol. The molecule has 1 heterocycles. The van der Waals surface area contributed by atoms with Gasteiger partial charge in [-0.05, 0) is 72.3 Å². The van der Waals surface area contributed by atoms with Crippen molar-refractivity contribution < 1.29 is 8.78 Å². The molecule has 31 heavy (non-hydrogen) atoms. The first-order chi connectivity index (χ1) is 15.2. The van der Waals surface area contributed by atoms with Gasteiger partial charge in [0.05, 0.1) is 0 Å². The van der Waals surface area contributed by atoms with E-state index in [-0.39, 0.29) is 8.80 Å². The van der Waals surface area contributed by atoms with Crippen molar-refractivity contribution in [3.63, 3.8) is 0 Å². The van der Waals surface area contributed by atoms with Gasteiger partial charge in [-0.3, -0.25) is 0 Å². The Balaban J connectivity index is 1.34. The summed E-state index contributed by atoms with van der Waals surface area (Å²) in [6, 6.07) is 17.3. The molecular formula is C28H37F2Si. The van der Waals surface area contributed by atoms with Crippen molar-refractivity contribution in [2.24, 2.45) is 11.8 Å². The maximum Gasteiger partial charge on any atom is 0.159 e. The Kier molecular flexibility index (Phi) is 7.98. The molecule has 0 unspecified atom stereocenters. The zero-order valence-corrected chi connectivity index (χ0v) is 20.0. The van der Waals surface area contributed by atoms with Gasteiger partial charge in [0.1, 0.15) is 0 Å². The highest BCUT2D eigenvalue weighted by molar-refractivity contribution is 6.58. The van der Waals surface area contributed by atoms with Crippen LogP contribution in [0.15, 0.2) is 42.5 Å². The predicted octanol–water partition coefficient (Wildman–Crippen LogP) is 9.00. The van der Waals surface area contributed by atoms with Crippen LogP contribution in [0.3, 0.4) is 0 Å². The zero-order chi connectivity index (χ0) is 21.6. The number of hydrogen-bond donors (Lipinski definition) is 0. The van der Waals surface area contributed by atoms with Crippen molar-refractivity contribution >= 4 is 8.80 Å². The monoisotopic (exact) mass is 439 g/mol. The SMILES string of the molecule is CCCCC[Si]1CCC(C2CCC(c3ccccc3-c3ccc(F)c(F)c3)CC2)CC1. The molecular weight excluding hydrogens is 402 g/mol. The minimum atomic E-state index is -0.774. The molecule has 2 aliphatic rings. The third kappa shape index (κ3) is 5.66. The molecule has 0 N–H and O–H groups in total. The van der Waals surface area contributed by atoms with E-state index in [1.54, 1.807) is 24.2 Å². The van der Waals surface area contributed by atoms with Crippen molar-refractivity contribution in [2.75, 3.05) is 0 Å². The number of hydrogen-bond acceptors (Lipinski definition) is 0. The van der Waals surface area contributed by atoms with Gasteiger partial charge in [-0.15, -0.1) is 0 Å². The maximum absolute atomic E-state index is 13.8. The largest absolute Gasteiger partial charge is 0.204 e. The highest BCUT2D eigenvalue weighted by Gasteiger charge is 2.32. The molecule has 167 valence electrons. The predicted molar refractivity (Wildman–Crippen MR) is 129 cm³/mol. The van der Waals surface area contributed by atoms with Crippen LogP contribution in [0.5, 0.6) is 0 Å². The van der Waals surface area contributed by atoms with E-state index >= 15 is 0 Å². The van der Waals surface area contributed by atoms with E-state index in [9.17, 15) is 8.78 Å². The summed E-state index contributed by atoms with van der Waals surface area (Å²) in [5, 5.41) is 0. The van der Waals surface area contributed by atoms with Gasteiger partial charge >= 0.3 is 0 Å². The fourth-order valence-corrected chi connectivity index (χ4v) is 9.13. The van der Waals surface area contributed by atoms with Gasteiger partial charge in [-0.2, -0.15) is 0 Å². The number of halogens is 2. The molecule has 3 heteroatoms. The van der Waals surface area contributed by atoms with E-state index in [4.69, 9.17) is 0 Å². The van der Waals surface area contributed by atoms with Crippen molar-refractivity contribution in [2.45, 2.75) is 88.8 Å². The van der Waals surface area contributed by atoms with Crippen LogP contribution < -0.4 is 0 Å². The summed E-state index contributed by atoms with van der Waals surface area (Å²) < 4.78 is 27.3. The first-order valence-corrected chi connectivity index (χ1v) is 14.7. The fourth-order valence-electron chi connectivity index (χ4n) is 6.08. The minimum Gasteiger partial charge on any atom is -0.204 e. The van der Waals surface area contributed by atoms with E-state index < -0.39 is 11.6 Å². The Morgan fingerprint density at radius 1 is 0.806 bits per heavy atom. The topological polar surface area (TPSA) is 0 Å². The standard InChI is InChI=1S/C28H37F2Si/c1-2-3-6-17-31-18-15-22(16-19-31)21-9-11-23(12-10-21)25-7-4-5-8-26(25)24-13-14-27(29)28(30)20-24/h4-5,7-8,13-14,20-23H,2-3,6,9-12,15-19H2,1H3. The molecule has 0 spiro atoms. The number of unbranched alkanes of at least 4 members (excludes halogenated alkanes) is 2. The number of rotatable bonds is 7. The minimum absolute atomic E-state index is 0.0437. The van der Waals surface area contributed by atoms with E-state index in [0.29, 0.717) is 5.92 Å². The summed E-state index contributed by atoms with van der Waals surface area (Å²) in [6.45, 7) is 2.31. The van der Waals surface area contributed by atoms with Gasteiger partial charge in [-0.25, -0.2) is 8.78 Å². The van der Waals surface area contributed by atoms with Gasteiger partial charge in [-0.1, -0.05) is 87.5 Å². The summed E-state index contributed by atoms with van der Waals surface area (Å²) in [5.41, 5.74) is 3.18. The lowest BCUT2D eigenvalue weighted by molar-refractivity contribution is 0.216. The first-order valence-electron chi connectivity index (χ1n) is 12.5. The second-order valence-electron chi connectivity index (χ2n) is 9.87. The highest BCUT2D eigenvalue weighted by Crippen LogP contribution is 2.45. The molecule has 0 bridgehead atoms. The Morgan fingerprint density at radius 3 is 2.23 bits per heavy atom. The highest BCUT2D eigenvalue weighted by atomic mass is 28.3. The zero-order valence-electron chi connectivity index (χ0n) is 19.0. The normalized spacial score (nSPS) is 23.2. The molecule has 1 aliphatic carbocycles. The number of benzene rings is 2. The Bertz CT molecular complexity index is 833. The molecule has 0 nitrogen and oxygen atoms in total. The van der Waals surface area contributed by atoms with Crippen LogP contribution >= 0.6 is 0 Å². The quantitative estimate of drug-likeness (QED) is 0.298. The van der Waals surface area contributed by atoms with E-state index in [0.717, 1.165) is 23.0 Å². The third-order valence-corrected chi connectivity index (χ3v) is 11.0. The molecule has 0 atom stereocenters. The van der Waals surface area contributed by atoms with Crippen LogP contribution in [0.2, 0.25) is 18.1 Å². The van der Waals surface area contributed by atoms with Gasteiger partial charge < -0.3 is 0 Å². The van der Waals surface area contributed by atoms with Crippen LogP contribution in [0.4, 0.5) is 8.78 Å². The van der Waals surface area contributed by atoms with Crippen LogP contribution in [-0.4, -0.2) is 8.80 Å². The van der Waals surface area contributed by atoms with E-state index in [2.05, 4.69) is 25.1 Å². The van der Waals surface area contributed by atoms with Crippen molar-refractivity contribution in [3.8, 4) is 11.1 Å². The summed E-state index contributed by atoms with van der Waals surface area (Å²) in [5.74, 6) is 0.874. The Hall–Kier alpha value is -1.48. The molecule has 1 saturated carbocycles. The molecule has 2 aromatic carbocycles. The smallest absolute Gasteiger partial charge is 0.159 e. The van der Waals surface area contributed by atoms with Gasteiger partial charge in [0, 0.05) is 8.80 Å². The second kappa shape index (κ2) is 10.9. The van der Waals surface area contributed by atoms with Crippen LogP contribution in [0, 0.1) is 23.5 Å². The lowest BCUT2D eigenvalue weighted by Gasteiger charge is -2.38. The molecule has 2 aromatic rings. The Morgan fingerprint density at radius 2 is 1.52 bits per heavy atom. The van der Waals surface area contributed by atoms with E-state index in [1.807, 2.05) is 6.07 Å². The van der Waals surface area contributed by atoms with Gasteiger partial charge in [0.2, 0.25) is 0 Å². The van der Waals surface area contributed by atoms with Crippen molar-refractivity contribution in [3.05, 3.63) is 59.7 Å². The molecule has 0 aromatic heterocycles. The van der Waals surface area contributed by atoms with Crippen molar-refractivity contribution in [1.29, 1.82) is 0 Å². The Labute approximate surface area is 189 Å². The molecule has 1 aliphatic heterocycles. The molecule has 1 saturated heterocycles. The summed E-state index contributed by atoms with van der Waals surface area (Å²) in [6.07, 6.45) is 12.3. The van der Waals surface area contributed by atoms with Crippen LogP contribution in [0.1, 0.15) is 76.2 Å². The lowest BCUT2D eigenvalue weighted by Crippen LogP contribution is -2.28. The lowest BCUT2D eigenvalue weighted by atomic mass is 9.71. The molecule has 4 rings (SSSR count). The fraction of sp³-hybridized carbons (Fsp3) is 0.571. The van der Waals surface area contributed by atoms with Crippen molar-refractivity contribution in [1.82, 2.24) is 0 Å². The summed E-state index contributed by atoms with van der Waals surface area (Å²) in [4.78, 5) is 0. The molecule has 0 amide bonds. The second-order valence-corrected chi connectivity index (χ2v) is 12.9.